The lowest BCUT2D eigenvalue weighted by molar-refractivity contribution is 0.0699. The fourth-order valence-corrected chi connectivity index (χ4v) is 1.73. The molecule has 0 bridgehead atoms. The number of fused-ring (bicyclic) bond motifs is 1. The first kappa shape index (κ1) is 9.65. The van der Waals surface area contributed by atoms with Crippen molar-refractivity contribution in [1.29, 1.82) is 0 Å². The summed E-state index contributed by atoms with van der Waals surface area (Å²) in [6, 6.07) is 7.56. The molecule has 0 saturated carbocycles. The standard InChI is InChI=1S/C12H9FO2/c1-7-3-2-4-8-10(13)6-5-9(11(7)8)12(14)15/h2-6H,1H3,(H,14,15). The molecule has 3 heteroatoms. The van der Waals surface area contributed by atoms with Crippen LogP contribution < -0.4 is 0 Å². The maximum Gasteiger partial charge on any atom is 0.336 e. The van der Waals surface area contributed by atoms with Crippen molar-refractivity contribution >= 4 is 16.7 Å². The van der Waals surface area contributed by atoms with Crippen LogP contribution in [0.25, 0.3) is 10.8 Å². The number of carbonyl (C=O) groups is 1. The number of halogens is 1. The lowest BCUT2D eigenvalue weighted by atomic mass is 10.00. The Labute approximate surface area is 86.0 Å². The van der Waals surface area contributed by atoms with Crippen LogP contribution in [0.5, 0.6) is 0 Å². The van der Waals surface area contributed by atoms with E-state index < -0.39 is 11.8 Å². The average Bonchev–Trinajstić information content (AvgIpc) is 2.19. The minimum absolute atomic E-state index is 0.143. The molecule has 0 aliphatic rings. The van der Waals surface area contributed by atoms with Gasteiger partial charge >= 0.3 is 5.97 Å². The maximum atomic E-state index is 13.4. The zero-order chi connectivity index (χ0) is 11.0. The Kier molecular flexibility index (Phi) is 2.15. The van der Waals surface area contributed by atoms with Gasteiger partial charge in [-0.3, -0.25) is 0 Å². The Bertz CT molecular complexity index is 547. The minimum atomic E-state index is -1.03. The van der Waals surface area contributed by atoms with Crippen LogP contribution in [-0.2, 0) is 0 Å². The molecular weight excluding hydrogens is 195 g/mol. The van der Waals surface area contributed by atoms with Crippen molar-refractivity contribution in [2.45, 2.75) is 6.92 Å². The van der Waals surface area contributed by atoms with Gasteiger partial charge in [0.15, 0.2) is 0 Å². The number of carboxylic acid groups (broad SMARTS) is 1. The van der Waals surface area contributed by atoms with Crippen molar-refractivity contribution in [3.05, 3.63) is 47.3 Å². The summed E-state index contributed by atoms with van der Waals surface area (Å²) < 4.78 is 13.4. The molecule has 0 fully saturated rings. The fourth-order valence-electron chi connectivity index (χ4n) is 1.73. The normalized spacial score (nSPS) is 10.5. The number of aromatic carboxylic acids is 1. The Morgan fingerprint density at radius 1 is 1.27 bits per heavy atom. The number of hydrogen-bond acceptors (Lipinski definition) is 1. The molecule has 76 valence electrons. The van der Waals surface area contributed by atoms with E-state index in [1.807, 2.05) is 0 Å². The molecule has 0 atom stereocenters. The Morgan fingerprint density at radius 3 is 2.67 bits per heavy atom. The SMILES string of the molecule is Cc1cccc2c(F)ccc(C(=O)O)c12. The monoisotopic (exact) mass is 204 g/mol. The van der Waals surface area contributed by atoms with Gasteiger partial charge in [0.05, 0.1) is 5.56 Å². The van der Waals surface area contributed by atoms with Crippen molar-refractivity contribution in [2.75, 3.05) is 0 Å². The van der Waals surface area contributed by atoms with Gasteiger partial charge in [-0.2, -0.15) is 0 Å². The fraction of sp³-hybridized carbons (Fsp3) is 0.0833. The van der Waals surface area contributed by atoms with Crippen LogP contribution in [0.1, 0.15) is 15.9 Å². The Hall–Kier alpha value is -1.90. The zero-order valence-electron chi connectivity index (χ0n) is 8.12. The van der Waals surface area contributed by atoms with Crippen LogP contribution in [0, 0.1) is 12.7 Å². The van der Waals surface area contributed by atoms with Crippen LogP contribution in [0.2, 0.25) is 0 Å². The second-order valence-corrected chi connectivity index (χ2v) is 3.40. The van der Waals surface area contributed by atoms with Gasteiger partial charge in [-0.05, 0) is 24.6 Å². The first-order valence-corrected chi connectivity index (χ1v) is 4.52. The molecular formula is C12H9FO2. The highest BCUT2D eigenvalue weighted by Crippen LogP contribution is 2.25. The van der Waals surface area contributed by atoms with Gasteiger partial charge < -0.3 is 5.11 Å². The molecule has 1 N–H and O–H groups in total. The summed E-state index contributed by atoms with van der Waals surface area (Å²) in [4.78, 5) is 11.0. The topological polar surface area (TPSA) is 37.3 Å². The lowest BCUT2D eigenvalue weighted by Crippen LogP contribution is -1.99. The molecule has 0 aliphatic heterocycles. The van der Waals surface area contributed by atoms with Crippen molar-refractivity contribution in [3.8, 4) is 0 Å². The number of benzene rings is 2. The molecule has 15 heavy (non-hydrogen) atoms. The summed E-state index contributed by atoms with van der Waals surface area (Å²) in [5.41, 5.74) is 0.911. The minimum Gasteiger partial charge on any atom is -0.478 e. The average molecular weight is 204 g/mol. The van der Waals surface area contributed by atoms with E-state index in [9.17, 15) is 9.18 Å². The predicted octanol–water partition coefficient (Wildman–Crippen LogP) is 2.99. The van der Waals surface area contributed by atoms with Gasteiger partial charge in [0, 0.05) is 10.8 Å². The van der Waals surface area contributed by atoms with Gasteiger partial charge in [-0.15, -0.1) is 0 Å². The molecule has 0 aromatic heterocycles. The highest BCUT2D eigenvalue weighted by molar-refractivity contribution is 6.05. The highest BCUT2D eigenvalue weighted by Gasteiger charge is 2.12. The highest BCUT2D eigenvalue weighted by atomic mass is 19.1. The van der Waals surface area contributed by atoms with E-state index in [4.69, 9.17) is 5.11 Å². The molecule has 2 nitrogen and oxygen atoms in total. The summed E-state index contributed by atoms with van der Waals surface area (Å²) in [6.45, 7) is 1.77. The number of carboxylic acids is 1. The van der Waals surface area contributed by atoms with E-state index >= 15 is 0 Å². The lowest BCUT2D eigenvalue weighted by Gasteiger charge is -2.06. The molecule has 0 radical (unpaired) electrons. The van der Waals surface area contributed by atoms with Crippen LogP contribution in [0.4, 0.5) is 4.39 Å². The van der Waals surface area contributed by atoms with E-state index in [0.717, 1.165) is 5.56 Å². The van der Waals surface area contributed by atoms with Crippen molar-refractivity contribution < 1.29 is 14.3 Å². The van der Waals surface area contributed by atoms with E-state index in [1.54, 1.807) is 25.1 Å². The first-order chi connectivity index (χ1) is 7.11. The molecule has 2 rings (SSSR count). The van der Waals surface area contributed by atoms with Crippen LogP contribution in [0.15, 0.2) is 30.3 Å². The van der Waals surface area contributed by atoms with Crippen LogP contribution in [0.3, 0.4) is 0 Å². The molecule has 0 aliphatic carbocycles. The number of aryl methyl sites for hydroxylation is 1. The van der Waals surface area contributed by atoms with Gasteiger partial charge in [0.25, 0.3) is 0 Å². The third-order valence-corrected chi connectivity index (χ3v) is 2.43. The van der Waals surface area contributed by atoms with Gasteiger partial charge in [0.2, 0.25) is 0 Å². The first-order valence-electron chi connectivity index (χ1n) is 4.52. The smallest absolute Gasteiger partial charge is 0.336 e. The number of hydrogen-bond donors (Lipinski definition) is 1. The summed E-state index contributed by atoms with van der Waals surface area (Å²) in [7, 11) is 0. The van der Waals surface area contributed by atoms with Gasteiger partial charge in [0.1, 0.15) is 5.82 Å². The van der Waals surface area contributed by atoms with Gasteiger partial charge in [-0.1, -0.05) is 18.2 Å². The van der Waals surface area contributed by atoms with Crippen molar-refractivity contribution in [1.82, 2.24) is 0 Å². The second kappa shape index (κ2) is 3.35. The zero-order valence-corrected chi connectivity index (χ0v) is 8.12. The summed E-state index contributed by atoms with van der Waals surface area (Å²) >= 11 is 0. The molecule has 2 aromatic rings. The predicted molar refractivity (Wildman–Crippen MR) is 55.6 cm³/mol. The molecule has 0 amide bonds. The second-order valence-electron chi connectivity index (χ2n) is 3.40. The third-order valence-electron chi connectivity index (χ3n) is 2.43. The van der Waals surface area contributed by atoms with Crippen molar-refractivity contribution in [3.63, 3.8) is 0 Å². The van der Waals surface area contributed by atoms with E-state index in [0.29, 0.717) is 10.8 Å². The summed E-state index contributed by atoms with van der Waals surface area (Å²) in [6.07, 6.45) is 0. The van der Waals surface area contributed by atoms with Crippen LogP contribution in [-0.4, -0.2) is 11.1 Å². The molecule has 0 spiro atoms. The summed E-state index contributed by atoms with van der Waals surface area (Å²) in [5, 5.41) is 9.81. The molecule has 0 saturated heterocycles. The Morgan fingerprint density at radius 2 is 2.00 bits per heavy atom. The summed E-state index contributed by atoms with van der Waals surface area (Å²) in [5.74, 6) is -1.42. The third kappa shape index (κ3) is 1.46. The van der Waals surface area contributed by atoms with E-state index in [-0.39, 0.29) is 5.56 Å². The van der Waals surface area contributed by atoms with E-state index in [2.05, 4.69) is 0 Å². The number of rotatable bonds is 1. The van der Waals surface area contributed by atoms with Crippen molar-refractivity contribution in [2.24, 2.45) is 0 Å². The quantitative estimate of drug-likeness (QED) is 0.775. The Balaban J connectivity index is 2.96. The molecule has 0 unspecified atom stereocenters. The molecule has 2 aromatic carbocycles. The van der Waals surface area contributed by atoms with Crippen LogP contribution >= 0.6 is 0 Å². The largest absolute Gasteiger partial charge is 0.478 e. The molecule has 0 heterocycles. The maximum absolute atomic E-state index is 13.4. The van der Waals surface area contributed by atoms with Gasteiger partial charge in [-0.25, -0.2) is 9.18 Å². The van der Waals surface area contributed by atoms with E-state index in [1.165, 1.54) is 12.1 Å².